The van der Waals surface area contributed by atoms with Gasteiger partial charge in [-0.1, -0.05) is 60.7 Å². The molecule has 0 bridgehead atoms. The van der Waals surface area contributed by atoms with E-state index in [2.05, 4.69) is 13.2 Å². The van der Waals surface area contributed by atoms with E-state index in [1.165, 1.54) is 22.8 Å². The van der Waals surface area contributed by atoms with Gasteiger partial charge in [0.2, 0.25) is 20.0 Å². The average molecular weight is 923 g/mol. The van der Waals surface area contributed by atoms with Crippen molar-refractivity contribution in [1.29, 1.82) is 0 Å². The zero-order valence-electron chi connectivity index (χ0n) is 37.6. The summed E-state index contributed by atoms with van der Waals surface area (Å²) < 4.78 is 87.8. The van der Waals surface area contributed by atoms with Crippen LogP contribution < -0.4 is 18.9 Å². The third kappa shape index (κ3) is 16.5. The number of hydrogen-bond acceptors (Lipinski definition) is 12. The Kier molecular flexibility index (Phi) is 22.1. The van der Waals surface area contributed by atoms with Gasteiger partial charge >= 0.3 is 11.9 Å². The number of ether oxygens (including phenoxy) is 6. The Morgan fingerprint density at radius 3 is 0.891 bits per heavy atom. The minimum Gasteiger partial charge on any atom is -0.497 e. The van der Waals surface area contributed by atoms with E-state index in [1.54, 1.807) is 89.1 Å². The molecule has 0 unspecified atom stereocenters. The summed E-state index contributed by atoms with van der Waals surface area (Å²) in [6.07, 6.45) is 4.38. The molecule has 0 aromatic heterocycles. The molecule has 4 rings (SSSR count). The van der Waals surface area contributed by atoms with Crippen molar-refractivity contribution < 1.29 is 54.8 Å². The Labute approximate surface area is 379 Å². The highest BCUT2D eigenvalue weighted by atomic mass is 32.2. The number of nitrogens with zero attached hydrogens (tertiary/aromatic N) is 2. The molecule has 64 heavy (non-hydrogen) atoms. The lowest BCUT2D eigenvalue weighted by Crippen LogP contribution is -2.39. The maximum atomic E-state index is 13.7. The molecule has 0 radical (unpaired) electrons. The van der Waals surface area contributed by atoms with Crippen molar-refractivity contribution in [2.24, 2.45) is 0 Å². The highest BCUT2D eigenvalue weighted by molar-refractivity contribution is 7.90. The molecule has 0 saturated heterocycles. The number of carbonyl (C=O) groups is 2. The first-order valence-electron chi connectivity index (χ1n) is 20.5. The zero-order valence-corrected chi connectivity index (χ0v) is 39.3. The molecule has 2 atom stereocenters. The second-order valence-corrected chi connectivity index (χ2v) is 19.0. The molecule has 0 aliphatic rings. The first kappa shape index (κ1) is 52.7. The van der Waals surface area contributed by atoms with Crippen molar-refractivity contribution in [3.05, 3.63) is 145 Å². The van der Waals surface area contributed by atoms with E-state index in [9.17, 15) is 26.4 Å². The molecule has 16 heteroatoms. The Hall–Kier alpha value is -5.68. The van der Waals surface area contributed by atoms with Crippen molar-refractivity contribution in [3.8, 4) is 23.0 Å². The van der Waals surface area contributed by atoms with Gasteiger partial charge in [0.25, 0.3) is 0 Å². The number of hydrogen-bond donors (Lipinski definition) is 0. The van der Waals surface area contributed by atoms with Crippen molar-refractivity contribution in [2.45, 2.75) is 75.2 Å². The summed E-state index contributed by atoms with van der Waals surface area (Å²) in [6.45, 7) is 7.98. The molecule has 4 aromatic rings. The third-order valence-electron chi connectivity index (χ3n) is 10.3. The molecule has 0 aliphatic heterocycles. The summed E-state index contributed by atoms with van der Waals surface area (Å²) >= 11 is 0. The van der Waals surface area contributed by atoms with Gasteiger partial charge in [-0.2, -0.15) is 8.61 Å². The average Bonchev–Trinajstić information content (AvgIpc) is 3.31. The van der Waals surface area contributed by atoms with Crippen LogP contribution in [-0.4, -0.2) is 90.5 Å². The maximum absolute atomic E-state index is 13.7. The van der Waals surface area contributed by atoms with E-state index in [1.807, 2.05) is 48.5 Å². The van der Waals surface area contributed by atoms with E-state index >= 15 is 0 Å². The van der Waals surface area contributed by atoms with Gasteiger partial charge in [-0.05, 0) is 96.5 Å². The van der Waals surface area contributed by atoms with Gasteiger partial charge in [0.05, 0.1) is 66.0 Å². The summed E-state index contributed by atoms with van der Waals surface area (Å²) in [5.74, 6) is 1.63. The lowest BCUT2D eigenvalue weighted by Gasteiger charge is -2.27. The number of allylic oxidation sites excluding steroid dienone is 2. The Bertz CT molecular complexity index is 2010. The van der Waals surface area contributed by atoms with Gasteiger partial charge in [-0.25, -0.2) is 16.8 Å². The number of rotatable bonds is 26. The molecule has 4 aromatic carbocycles. The fraction of sp³-hybridized carbons (Fsp3) is 0.375. The van der Waals surface area contributed by atoms with E-state index in [0.29, 0.717) is 35.8 Å². The van der Waals surface area contributed by atoms with Gasteiger partial charge in [-0.3, -0.25) is 9.59 Å². The second kappa shape index (κ2) is 26.8. The second-order valence-electron chi connectivity index (χ2n) is 14.6. The summed E-state index contributed by atoms with van der Waals surface area (Å²) in [6, 6.07) is 28.9. The van der Waals surface area contributed by atoms with Crippen LogP contribution in [0.15, 0.2) is 122 Å². The molecule has 0 N–H and O–H groups in total. The van der Waals surface area contributed by atoms with Crippen LogP contribution in [0.1, 0.15) is 60.8 Å². The van der Waals surface area contributed by atoms with Crippen LogP contribution in [0.25, 0.3) is 0 Å². The molecule has 0 saturated carbocycles. The van der Waals surface area contributed by atoms with Crippen molar-refractivity contribution in [3.63, 3.8) is 0 Å². The summed E-state index contributed by atoms with van der Waals surface area (Å²) in [5.41, 5.74) is 3.23. The Morgan fingerprint density at radius 2 is 0.703 bits per heavy atom. The lowest BCUT2D eigenvalue weighted by atomic mass is 10.2. The SMILES string of the molecule is C=CCC[C@@H](CC(=O)OC)S(=O)(=O)N(Cc1ccc(OC)cc1)Cc1ccc(OC)cc1.C=CCC[C@H](CC(=O)OC)S(=O)(=O)N(Cc1ccc(OC)cc1)Cc1ccc(OC)cc1. The number of benzene rings is 4. The number of methoxy groups -OCH3 is 6. The van der Waals surface area contributed by atoms with Crippen LogP contribution in [0.5, 0.6) is 23.0 Å². The molecule has 0 amide bonds. The molecule has 14 nitrogen and oxygen atoms in total. The molecule has 0 heterocycles. The third-order valence-corrected chi connectivity index (χ3v) is 14.7. The fourth-order valence-corrected chi connectivity index (χ4v) is 10.2. The number of esters is 2. The van der Waals surface area contributed by atoms with E-state index < -0.39 is 42.5 Å². The van der Waals surface area contributed by atoms with Gasteiger partial charge < -0.3 is 28.4 Å². The smallest absolute Gasteiger partial charge is 0.306 e. The first-order valence-corrected chi connectivity index (χ1v) is 23.5. The van der Waals surface area contributed by atoms with Crippen LogP contribution in [0.4, 0.5) is 0 Å². The number of carbonyl (C=O) groups excluding carboxylic acids is 2. The van der Waals surface area contributed by atoms with Crippen LogP contribution in [0, 0.1) is 0 Å². The van der Waals surface area contributed by atoms with Crippen molar-refractivity contribution >= 4 is 32.0 Å². The minimum absolute atomic E-state index is 0.157. The standard InChI is InChI=1S/2C24H31NO6S/c2*1-5-6-7-23(16-24(26)31-4)32(27,28)25(17-19-8-12-21(29-2)13-9-19)18-20-10-14-22(30-3)15-11-20/h2*5,8-15,23H,1,6-7,16-18H2,2-4H3/t2*23-/m10/s1. The van der Waals surface area contributed by atoms with Gasteiger partial charge in [0.15, 0.2) is 0 Å². The lowest BCUT2D eigenvalue weighted by molar-refractivity contribution is -0.141. The Balaban J connectivity index is 0.000000340. The molecule has 0 fully saturated rings. The van der Waals surface area contributed by atoms with Crippen LogP contribution in [0.2, 0.25) is 0 Å². The number of sulfonamides is 2. The summed E-state index contributed by atoms with van der Waals surface area (Å²) in [4.78, 5) is 23.9. The molecule has 0 aliphatic carbocycles. The first-order chi connectivity index (χ1) is 30.7. The van der Waals surface area contributed by atoms with Gasteiger partial charge in [-0.15, -0.1) is 13.2 Å². The van der Waals surface area contributed by atoms with E-state index in [0.717, 1.165) is 22.3 Å². The largest absolute Gasteiger partial charge is 0.497 e. The van der Waals surface area contributed by atoms with E-state index in [-0.39, 0.29) is 51.9 Å². The fourth-order valence-electron chi connectivity index (χ4n) is 6.49. The molecule has 0 spiro atoms. The van der Waals surface area contributed by atoms with Crippen molar-refractivity contribution in [2.75, 3.05) is 42.7 Å². The topological polar surface area (TPSA) is 164 Å². The summed E-state index contributed by atoms with van der Waals surface area (Å²) in [7, 11) is 1.12. The minimum atomic E-state index is -3.85. The predicted molar refractivity (Wildman–Crippen MR) is 248 cm³/mol. The summed E-state index contributed by atoms with van der Waals surface area (Å²) in [5, 5.41) is -1.83. The molecular formula is C48H62N2O12S2. The normalized spacial score (nSPS) is 12.2. The van der Waals surface area contributed by atoms with Crippen LogP contribution in [0.3, 0.4) is 0 Å². The zero-order chi connectivity index (χ0) is 47.1. The predicted octanol–water partition coefficient (Wildman–Crippen LogP) is 7.87. The van der Waals surface area contributed by atoms with Gasteiger partial charge in [0.1, 0.15) is 23.0 Å². The van der Waals surface area contributed by atoms with E-state index in [4.69, 9.17) is 28.4 Å². The van der Waals surface area contributed by atoms with Crippen LogP contribution >= 0.6 is 0 Å². The van der Waals surface area contributed by atoms with Gasteiger partial charge in [0, 0.05) is 26.2 Å². The quantitative estimate of drug-likeness (QED) is 0.0443. The monoisotopic (exact) mass is 922 g/mol. The highest BCUT2D eigenvalue weighted by Gasteiger charge is 2.35. The molecule has 348 valence electrons. The van der Waals surface area contributed by atoms with Crippen molar-refractivity contribution in [1.82, 2.24) is 8.61 Å². The van der Waals surface area contributed by atoms with Crippen LogP contribution in [-0.2, 0) is 65.3 Å². The highest BCUT2D eigenvalue weighted by Crippen LogP contribution is 2.27. The Morgan fingerprint density at radius 1 is 0.469 bits per heavy atom. The molecular weight excluding hydrogens is 861 g/mol. The maximum Gasteiger partial charge on any atom is 0.306 e.